The van der Waals surface area contributed by atoms with Gasteiger partial charge < -0.3 is 0 Å². The number of amides is 2. The lowest BCUT2D eigenvalue weighted by Gasteiger charge is -2.34. The predicted molar refractivity (Wildman–Crippen MR) is 70.4 cm³/mol. The number of imide groups is 1. The van der Waals surface area contributed by atoms with Crippen LogP contribution in [0.4, 0.5) is 8.78 Å². The number of nitrogens with zero attached hydrogens (tertiary/aromatic N) is 1. The number of hydrogen-bond acceptors (Lipinski definition) is 3. The fraction of sp³-hybridized carbons (Fsp3) is 0.400. The summed E-state index contributed by atoms with van der Waals surface area (Å²) in [5, 5.41) is 0. The standard InChI is InChI=1S/C15H15F2NO3/c1-15(2)6-13(20)18(14(21)7-15)8-12(19)10-4-3-9(16)5-11(10)17/h3-5H,6-8H2,1-2H3. The third kappa shape index (κ3) is 3.32. The van der Waals surface area contributed by atoms with Crippen LogP contribution in [-0.4, -0.2) is 29.0 Å². The number of carbonyl (C=O) groups excluding carboxylic acids is 3. The molecule has 0 aliphatic carbocycles. The lowest BCUT2D eigenvalue weighted by atomic mass is 9.81. The van der Waals surface area contributed by atoms with Crippen molar-refractivity contribution in [1.82, 2.24) is 4.90 Å². The van der Waals surface area contributed by atoms with E-state index in [0.717, 1.165) is 17.0 Å². The van der Waals surface area contributed by atoms with E-state index in [9.17, 15) is 23.2 Å². The number of benzene rings is 1. The van der Waals surface area contributed by atoms with Crippen molar-refractivity contribution in [2.24, 2.45) is 5.41 Å². The molecule has 1 heterocycles. The number of halogens is 2. The van der Waals surface area contributed by atoms with Gasteiger partial charge in [0, 0.05) is 18.9 Å². The molecular formula is C15H15F2NO3. The van der Waals surface area contributed by atoms with Gasteiger partial charge in [-0.3, -0.25) is 19.3 Å². The molecule has 4 nitrogen and oxygen atoms in total. The van der Waals surface area contributed by atoms with Gasteiger partial charge in [0.1, 0.15) is 11.6 Å². The molecule has 1 fully saturated rings. The van der Waals surface area contributed by atoms with E-state index in [1.807, 2.05) is 0 Å². The summed E-state index contributed by atoms with van der Waals surface area (Å²) in [6.45, 7) is 3.07. The SMILES string of the molecule is CC1(C)CC(=O)N(CC(=O)c2ccc(F)cc2F)C(=O)C1. The van der Waals surface area contributed by atoms with E-state index >= 15 is 0 Å². The van der Waals surface area contributed by atoms with Gasteiger partial charge in [-0.2, -0.15) is 0 Å². The fourth-order valence-corrected chi connectivity index (χ4v) is 2.33. The first-order valence-corrected chi connectivity index (χ1v) is 6.51. The van der Waals surface area contributed by atoms with Crippen LogP contribution in [0.5, 0.6) is 0 Å². The van der Waals surface area contributed by atoms with Crippen molar-refractivity contribution in [2.75, 3.05) is 6.54 Å². The molecule has 0 unspecified atom stereocenters. The van der Waals surface area contributed by atoms with Crippen molar-refractivity contribution in [3.05, 3.63) is 35.4 Å². The highest BCUT2D eigenvalue weighted by atomic mass is 19.1. The Labute approximate surface area is 120 Å². The molecule has 2 rings (SSSR count). The summed E-state index contributed by atoms with van der Waals surface area (Å²) in [4.78, 5) is 36.7. The Morgan fingerprint density at radius 3 is 2.29 bits per heavy atom. The van der Waals surface area contributed by atoms with Gasteiger partial charge in [-0.15, -0.1) is 0 Å². The van der Waals surface area contributed by atoms with Gasteiger partial charge in [-0.05, 0) is 17.5 Å². The third-order valence-corrected chi connectivity index (χ3v) is 3.39. The van der Waals surface area contributed by atoms with E-state index in [-0.39, 0.29) is 18.4 Å². The zero-order valence-corrected chi connectivity index (χ0v) is 11.8. The number of ketones is 1. The second-order valence-electron chi connectivity index (χ2n) is 5.94. The Morgan fingerprint density at radius 1 is 1.19 bits per heavy atom. The van der Waals surface area contributed by atoms with Crippen LogP contribution in [0, 0.1) is 17.0 Å². The van der Waals surface area contributed by atoms with E-state index in [1.165, 1.54) is 0 Å². The first kappa shape index (κ1) is 15.3. The van der Waals surface area contributed by atoms with Crippen LogP contribution in [0.1, 0.15) is 37.0 Å². The van der Waals surface area contributed by atoms with Crippen LogP contribution >= 0.6 is 0 Å². The lowest BCUT2D eigenvalue weighted by Crippen LogP contribution is -2.48. The molecule has 0 bridgehead atoms. The Balaban J connectivity index is 2.16. The van der Waals surface area contributed by atoms with Crippen molar-refractivity contribution in [3.63, 3.8) is 0 Å². The molecule has 0 radical (unpaired) electrons. The topological polar surface area (TPSA) is 54.5 Å². The molecule has 1 aromatic carbocycles. The zero-order valence-electron chi connectivity index (χ0n) is 11.8. The number of hydrogen-bond donors (Lipinski definition) is 0. The van der Waals surface area contributed by atoms with Crippen molar-refractivity contribution in [2.45, 2.75) is 26.7 Å². The van der Waals surface area contributed by atoms with E-state index in [2.05, 4.69) is 0 Å². The van der Waals surface area contributed by atoms with Crippen molar-refractivity contribution in [1.29, 1.82) is 0 Å². The minimum absolute atomic E-state index is 0.151. The first-order chi connectivity index (χ1) is 9.69. The molecule has 2 amide bonds. The minimum Gasteiger partial charge on any atom is -0.292 e. The Bertz CT molecular complexity index is 605. The highest BCUT2D eigenvalue weighted by Crippen LogP contribution is 2.31. The molecule has 0 spiro atoms. The van der Waals surface area contributed by atoms with Gasteiger partial charge in [0.05, 0.1) is 12.1 Å². The van der Waals surface area contributed by atoms with Crippen molar-refractivity contribution < 1.29 is 23.2 Å². The summed E-state index contributed by atoms with van der Waals surface area (Å²) in [7, 11) is 0. The van der Waals surface area contributed by atoms with Crippen LogP contribution in [-0.2, 0) is 9.59 Å². The summed E-state index contributed by atoms with van der Waals surface area (Å²) >= 11 is 0. The smallest absolute Gasteiger partial charge is 0.230 e. The Hall–Kier alpha value is -2.11. The molecule has 0 N–H and O–H groups in total. The van der Waals surface area contributed by atoms with Crippen molar-refractivity contribution >= 4 is 17.6 Å². The number of piperidine rings is 1. The maximum atomic E-state index is 13.5. The second kappa shape index (κ2) is 5.35. The number of carbonyl (C=O) groups is 3. The fourth-order valence-electron chi connectivity index (χ4n) is 2.33. The average molecular weight is 295 g/mol. The second-order valence-corrected chi connectivity index (χ2v) is 5.94. The zero-order chi connectivity index (χ0) is 15.8. The normalized spacial score (nSPS) is 18.0. The maximum absolute atomic E-state index is 13.5. The largest absolute Gasteiger partial charge is 0.292 e. The molecule has 6 heteroatoms. The van der Waals surface area contributed by atoms with Crippen molar-refractivity contribution in [3.8, 4) is 0 Å². The van der Waals surface area contributed by atoms with Crippen LogP contribution < -0.4 is 0 Å². The molecule has 1 saturated heterocycles. The summed E-state index contributed by atoms with van der Waals surface area (Å²) in [6, 6.07) is 2.56. The van der Waals surface area contributed by atoms with E-state index in [4.69, 9.17) is 0 Å². The average Bonchev–Trinajstić information content (AvgIpc) is 2.32. The molecule has 1 aliphatic rings. The summed E-state index contributed by atoms with van der Waals surface area (Å²) < 4.78 is 26.3. The molecule has 0 aromatic heterocycles. The number of rotatable bonds is 3. The van der Waals surface area contributed by atoms with Crippen LogP contribution in [0.3, 0.4) is 0 Å². The molecular weight excluding hydrogens is 280 g/mol. The molecule has 1 aromatic rings. The third-order valence-electron chi connectivity index (χ3n) is 3.39. The van der Waals surface area contributed by atoms with Crippen LogP contribution in [0.15, 0.2) is 18.2 Å². The monoisotopic (exact) mass is 295 g/mol. The highest BCUT2D eigenvalue weighted by molar-refractivity contribution is 6.06. The highest BCUT2D eigenvalue weighted by Gasteiger charge is 2.38. The summed E-state index contributed by atoms with van der Waals surface area (Å²) in [5.74, 6) is -3.43. The Morgan fingerprint density at radius 2 is 1.76 bits per heavy atom. The van der Waals surface area contributed by atoms with Gasteiger partial charge in [0.25, 0.3) is 0 Å². The van der Waals surface area contributed by atoms with Crippen LogP contribution in [0.2, 0.25) is 0 Å². The summed E-state index contributed by atoms with van der Waals surface area (Å²) in [6.07, 6.45) is 0.301. The molecule has 0 atom stereocenters. The molecule has 1 aliphatic heterocycles. The number of likely N-dealkylation sites (tertiary alicyclic amines) is 1. The lowest BCUT2D eigenvalue weighted by molar-refractivity contribution is -0.151. The summed E-state index contributed by atoms with van der Waals surface area (Å²) in [5.41, 5.74) is -0.767. The van der Waals surface area contributed by atoms with E-state index < -0.39 is 41.2 Å². The first-order valence-electron chi connectivity index (χ1n) is 6.51. The quantitative estimate of drug-likeness (QED) is 0.635. The predicted octanol–water partition coefficient (Wildman–Crippen LogP) is 2.32. The molecule has 112 valence electrons. The molecule has 0 saturated carbocycles. The minimum atomic E-state index is -1.00. The van der Waals surface area contributed by atoms with Crippen LogP contribution in [0.25, 0.3) is 0 Å². The van der Waals surface area contributed by atoms with E-state index in [1.54, 1.807) is 13.8 Å². The van der Waals surface area contributed by atoms with Gasteiger partial charge in [-0.1, -0.05) is 13.8 Å². The Kier molecular flexibility index (Phi) is 3.89. The van der Waals surface area contributed by atoms with Gasteiger partial charge in [0.15, 0.2) is 5.78 Å². The molecule has 21 heavy (non-hydrogen) atoms. The van der Waals surface area contributed by atoms with Gasteiger partial charge >= 0.3 is 0 Å². The van der Waals surface area contributed by atoms with E-state index in [0.29, 0.717) is 6.07 Å². The van der Waals surface area contributed by atoms with Gasteiger partial charge in [0.2, 0.25) is 11.8 Å². The number of Topliss-reactive ketones (excluding diaryl/α,β-unsaturated/α-hetero) is 1. The van der Waals surface area contributed by atoms with Gasteiger partial charge in [-0.25, -0.2) is 8.78 Å². The maximum Gasteiger partial charge on any atom is 0.230 e.